The van der Waals surface area contributed by atoms with Crippen molar-refractivity contribution in [3.05, 3.63) is 24.3 Å². The Morgan fingerprint density at radius 1 is 1.12 bits per heavy atom. The number of benzene rings is 1. The van der Waals surface area contributed by atoms with E-state index in [9.17, 15) is 9.59 Å². The van der Waals surface area contributed by atoms with Crippen LogP contribution in [0.15, 0.2) is 29.4 Å². The number of carbonyl (C=O) groups excluding carboxylic acids is 2. The first-order valence-corrected chi connectivity index (χ1v) is 8.25. The van der Waals surface area contributed by atoms with Gasteiger partial charge in [0.2, 0.25) is 11.8 Å². The number of carbonyl (C=O) groups is 2. The van der Waals surface area contributed by atoms with Gasteiger partial charge in [-0.05, 0) is 50.5 Å². The largest absolute Gasteiger partial charge is 0.494 e. The van der Waals surface area contributed by atoms with Gasteiger partial charge in [-0.3, -0.25) is 9.59 Å². The normalized spacial score (nSPS) is 11.3. The lowest BCUT2D eigenvalue weighted by molar-refractivity contribution is -0.124. The highest BCUT2D eigenvalue weighted by molar-refractivity contribution is 5.93. The van der Waals surface area contributed by atoms with Crippen molar-refractivity contribution in [1.82, 2.24) is 5.43 Å². The zero-order valence-electron chi connectivity index (χ0n) is 14.9. The fourth-order valence-corrected chi connectivity index (χ4v) is 2.10. The summed E-state index contributed by atoms with van der Waals surface area (Å²) in [6, 6.07) is 7.11. The number of hydrazone groups is 1. The van der Waals surface area contributed by atoms with Gasteiger partial charge in [0, 0.05) is 24.2 Å². The second kappa shape index (κ2) is 10.4. The van der Waals surface area contributed by atoms with Crippen LogP contribution < -0.4 is 15.5 Å². The Labute approximate surface area is 143 Å². The monoisotopic (exact) mass is 333 g/mol. The molecule has 0 aliphatic rings. The van der Waals surface area contributed by atoms with Gasteiger partial charge in [-0.25, -0.2) is 5.43 Å². The topological polar surface area (TPSA) is 79.8 Å². The maximum atomic E-state index is 11.9. The SMILES string of the molecule is CCOc1ccc(NC(=O)CCC(=O)N/N=C(/C)CC(C)C)cc1. The van der Waals surface area contributed by atoms with Gasteiger partial charge in [0.1, 0.15) is 5.75 Å². The van der Waals surface area contributed by atoms with E-state index in [2.05, 4.69) is 29.7 Å². The highest BCUT2D eigenvalue weighted by Crippen LogP contribution is 2.15. The van der Waals surface area contributed by atoms with Crippen LogP contribution >= 0.6 is 0 Å². The van der Waals surface area contributed by atoms with E-state index >= 15 is 0 Å². The summed E-state index contributed by atoms with van der Waals surface area (Å²) in [5, 5.41) is 6.77. The van der Waals surface area contributed by atoms with E-state index in [0.29, 0.717) is 18.2 Å². The lowest BCUT2D eigenvalue weighted by atomic mass is 10.1. The molecule has 0 unspecified atom stereocenters. The second-order valence-corrected chi connectivity index (χ2v) is 5.99. The van der Waals surface area contributed by atoms with Gasteiger partial charge in [-0.15, -0.1) is 0 Å². The van der Waals surface area contributed by atoms with Crippen LogP contribution in [0.4, 0.5) is 5.69 Å². The maximum absolute atomic E-state index is 11.9. The third kappa shape index (κ3) is 8.31. The van der Waals surface area contributed by atoms with Crippen molar-refractivity contribution in [2.45, 2.75) is 47.0 Å². The van der Waals surface area contributed by atoms with E-state index in [0.717, 1.165) is 17.9 Å². The highest BCUT2D eigenvalue weighted by atomic mass is 16.5. The van der Waals surface area contributed by atoms with Gasteiger partial charge in [0.15, 0.2) is 0 Å². The molecule has 1 rings (SSSR count). The molecule has 0 heterocycles. The summed E-state index contributed by atoms with van der Waals surface area (Å²) >= 11 is 0. The van der Waals surface area contributed by atoms with E-state index in [4.69, 9.17) is 4.74 Å². The van der Waals surface area contributed by atoms with Crippen molar-refractivity contribution < 1.29 is 14.3 Å². The first-order chi connectivity index (χ1) is 11.4. The van der Waals surface area contributed by atoms with Gasteiger partial charge in [0.25, 0.3) is 0 Å². The number of nitrogens with zero attached hydrogens (tertiary/aromatic N) is 1. The van der Waals surface area contributed by atoms with Crippen molar-refractivity contribution in [3.8, 4) is 5.75 Å². The third-order valence-corrected chi connectivity index (χ3v) is 3.10. The molecule has 24 heavy (non-hydrogen) atoms. The summed E-state index contributed by atoms with van der Waals surface area (Å²) in [5.41, 5.74) is 4.03. The molecule has 2 N–H and O–H groups in total. The summed E-state index contributed by atoms with van der Waals surface area (Å²) < 4.78 is 5.34. The Balaban J connectivity index is 2.33. The Bertz CT molecular complexity index is 565. The minimum absolute atomic E-state index is 0.0985. The molecule has 6 heteroatoms. The minimum Gasteiger partial charge on any atom is -0.494 e. The summed E-state index contributed by atoms with van der Waals surface area (Å²) in [4.78, 5) is 23.5. The molecule has 0 bridgehead atoms. The van der Waals surface area contributed by atoms with Gasteiger partial charge >= 0.3 is 0 Å². The van der Waals surface area contributed by atoms with Crippen molar-refractivity contribution in [2.75, 3.05) is 11.9 Å². The molecule has 0 aromatic heterocycles. The smallest absolute Gasteiger partial charge is 0.240 e. The van der Waals surface area contributed by atoms with Gasteiger partial charge in [0.05, 0.1) is 6.61 Å². The average molecular weight is 333 g/mol. The fourth-order valence-electron chi connectivity index (χ4n) is 2.10. The lowest BCUT2D eigenvalue weighted by Gasteiger charge is -2.07. The molecule has 0 aliphatic heterocycles. The number of rotatable bonds is 9. The molecule has 0 fully saturated rings. The van der Waals surface area contributed by atoms with E-state index in [1.165, 1.54) is 0 Å². The van der Waals surface area contributed by atoms with Crippen molar-refractivity contribution in [3.63, 3.8) is 0 Å². The number of nitrogens with one attached hydrogen (secondary N) is 2. The summed E-state index contributed by atoms with van der Waals surface area (Å²) in [7, 11) is 0. The van der Waals surface area contributed by atoms with Crippen molar-refractivity contribution >= 4 is 23.2 Å². The predicted molar refractivity (Wildman–Crippen MR) is 96.2 cm³/mol. The number of hydrogen-bond acceptors (Lipinski definition) is 4. The Hall–Kier alpha value is -2.37. The van der Waals surface area contributed by atoms with Crippen LogP contribution in [0, 0.1) is 5.92 Å². The molecule has 0 radical (unpaired) electrons. The zero-order valence-corrected chi connectivity index (χ0v) is 14.9. The summed E-state index contributed by atoms with van der Waals surface area (Å²) in [5.74, 6) is 0.771. The molecule has 0 saturated carbocycles. The Morgan fingerprint density at radius 2 is 1.75 bits per heavy atom. The van der Waals surface area contributed by atoms with Crippen LogP contribution in [0.1, 0.15) is 47.0 Å². The number of hydrogen-bond donors (Lipinski definition) is 2. The maximum Gasteiger partial charge on any atom is 0.240 e. The van der Waals surface area contributed by atoms with E-state index in [1.807, 2.05) is 13.8 Å². The minimum atomic E-state index is -0.264. The van der Waals surface area contributed by atoms with Crippen LogP contribution in [0.3, 0.4) is 0 Å². The van der Waals surface area contributed by atoms with Crippen LogP contribution in [-0.2, 0) is 9.59 Å². The molecule has 0 saturated heterocycles. The second-order valence-electron chi connectivity index (χ2n) is 5.99. The van der Waals surface area contributed by atoms with Gasteiger partial charge in [-0.1, -0.05) is 13.8 Å². The first-order valence-electron chi connectivity index (χ1n) is 8.25. The molecule has 1 aromatic rings. The molecular formula is C18H27N3O3. The summed E-state index contributed by atoms with van der Waals surface area (Å²) in [6.07, 6.45) is 1.04. The van der Waals surface area contributed by atoms with Crippen molar-refractivity contribution in [1.29, 1.82) is 0 Å². The highest BCUT2D eigenvalue weighted by Gasteiger charge is 2.07. The molecular weight excluding hydrogens is 306 g/mol. The summed E-state index contributed by atoms with van der Waals surface area (Å²) in [6.45, 7) is 8.56. The van der Waals surface area contributed by atoms with Crippen LogP contribution in [0.2, 0.25) is 0 Å². The molecule has 0 aliphatic carbocycles. The zero-order chi connectivity index (χ0) is 17.9. The van der Waals surface area contributed by atoms with Crippen LogP contribution in [-0.4, -0.2) is 24.1 Å². The van der Waals surface area contributed by atoms with E-state index in [1.54, 1.807) is 24.3 Å². The fraction of sp³-hybridized carbons (Fsp3) is 0.500. The van der Waals surface area contributed by atoms with Crippen molar-refractivity contribution in [2.24, 2.45) is 11.0 Å². The predicted octanol–water partition coefficient (Wildman–Crippen LogP) is 3.34. The Kier molecular flexibility index (Phi) is 8.54. The average Bonchev–Trinajstić information content (AvgIpc) is 2.52. The standard InChI is InChI=1S/C18H27N3O3/c1-5-24-16-8-6-15(7-9-16)19-17(22)10-11-18(23)21-20-14(4)12-13(2)3/h6-9,13H,5,10-12H2,1-4H3,(H,19,22)(H,21,23)/b20-14-. The molecule has 6 nitrogen and oxygen atoms in total. The molecule has 2 amide bonds. The number of anilines is 1. The van der Waals surface area contributed by atoms with E-state index < -0.39 is 0 Å². The first kappa shape index (κ1) is 19.7. The molecule has 132 valence electrons. The van der Waals surface area contributed by atoms with Crippen LogP contribution in [0.25, 0.3) is 0 Å². The van der Waals surface area contributed by atoms with E-state index in [-0.39, 0.29) is 24.7 Å². The third-order valence-electron chi connectivity index (χ3n) is 3.10. The number of amides is 2. The molecule has 0 atom stereocenters. The Morgan fingerprint density at radius 3 is 2.33 bits per heavy atom. The van der Waals surface area contributed by atoms with Crippen LogP contribution in [0.5, 0.6) is 5.75 Å². The molecule has 0 spiro atoms. The lowest BCUT2D eigenvalue weighted by Crippen LogP contribution is -2.21. The van der Waals surface area contributed by atoms with Gasteiger partial charge < -0.3 is 10.1 Å². The number of ether oxygens (including phenoxy) is 1. The quantitative estimate of drug-likeness (QED) is 0.537. The molecule has 1 aromatic carbocycles. The van der Waals surface area contributed by atoms with Gasteiger partial charge in [-0.2, -0.15) is 5.10 Å².